The van der Waals surface area contributed by atoms with E-state index in [1.54, 1.807) is 6.26 Å². The molecule has 0 saturated carbocycles. The fourth-order valence-electron chi connectivity index (χ4n) is 2.50. The summed E-state index contributed by atoms with van der Waals surface area (Å²) >= 11 is 0. The topological polar surface area (TPSA) is 29.1 Å². The van der Waals surface area contributed by atoms with Gasteiger partial charge >= 0.3 is 0 Å². The maximum absolute atomic E-state index is 11.1. The van der Waals surface area contributed by atoms with Gasteiger partial charge in [-0.1, -0.05) is 24.3 Å². The molecule has 0 aromatic heterocycles. The fraction of sp³-hybridized carbons (Fsp3) is 0.571. The lowest BCUT2D eigenvalue weighted by Crippen LogP contribution is -2.30. The number of hydrogen-bond acceptors (Lipinski definition) is 2. The Balaban J connectivity index is 1.90. The minimum absolute atomic E-state index is 0.440. The number of aryl methyl sites for hydroxylation is 1. The first-order chi connectivity index (χ1) is 8.16. The molecule has 3 atom stereocenters. The summed E-state index contributed by atoms with van der Waals surface area (Å²) in [5, 5.41) is 3.66. The van der Waals surface area contributed by atoms with Crippen LogP contribution in [0.25, 0.3) is 0 Å². The van der Waals surface area contributed by atoms with E-state index in [4.69, 9.17) is 0 Å². The maximum atomic E-state index is 11.1. The maximum Gasteiger partial charge on any atom is 0.0328 e. The monoisotopic (exact) mass is 251 g/mol. The number of fused-ring (bicyclic) bond motifs is 1. The zero-order chi connectivity index (χ0) is 12.3. The summed E-state index contributed by atoms with van der Waals surface area (Å²) < 4.78 is 11.1. The Morgan fingerprint density at radius 1 is 1.47 bits per heavy atom. The molecule has 94 valence electrons. The summed E-state index contributed by atoms with van der Waals surface area (Å²) in [4.78, 5) is 0. The first kappa shape index (κ1) is 12.8. The Kier molecular flexibility index (Phi) is 4.35. The van der Waals surface area contributed by atoms with Crippen molar-refractivity contribution in [2.45, 2.75) is 38.3 Å². The van der Waals surface area contributed by atoms with E-state index in [2.05, 4.69) is 36.5 Å². The Bertz CT molecular complexity index is 405. The average Bonchev–Trinajstić information content (AvgIpc) is 2.70. The molecule has 2 rings (SSSR count). The summed E-state index contributed by atoms with van der Waals surface area (Å²) in [6.45, 7) is 2.19. The fourth-order valence-corrected chi connectivity index (χ4v) is 3.19. The Morgan fingerprint density at radius 2 is 2.24 bits per heavy atom. The van der Waals surface area contributed by atoms with Crippen LogP contribution in [0.3, 0.4) is 0 Å². The summed E-state index contributed by atoms with van der Waals surface area (Å²) in [5.41, 5.74) is 2.94. The van der Waals surface area contributed by atoms with Crippen LogP contribution in [0.4, 0.5) is 0 Å². The van der Waals surface area contributed by atoms with Gasteiger partial charge in [-0.15, -0.1) is 0 Å². The molecule has 0 spiro atoms. The van der Waals surface area contributed by atoms with Crippen molar-refractivity contribution >= 4 is 10.8 Å². The van der Waals surface area contributed by atoms with E-state index >= 15 is 0 Å². The first-order valence-electron chi connectivity index (χ1n) is 6.30. The Labute approximate surface area is 106 Å². The van der Waals surface area contributed by atoms with E-state index in [9.17, 15) is 4.21 Å². The molecule has 1 aliphatic carbocycles. The van der Waals surface area contributed by atoms with Crippen LogP contribution in [-0.4, -0.2) is 22.3 Å². The summed E-state index contributed by atoms with van der Waals surface area (Å²) in [7, 11) is -0.674. The molecular weight excluding hydrogens is 230 g/mol. The number of nitrogens with one attached hydrogen (secondary N) is 1. The first-order valence-corrected chi connectivity index (χ1v) is 8.03. The molecule has 1 N–H and O–H groups in total. The second-order valence-electron chi connectivity index (χ2n) is 4.92. The normalized spacial score (nSPS) is 22.1. The highest BCUT2D eigenvalue weighted by atomic mass is 32.2. The molecule has 0 radical (unpaired) electrons. The van der Waals surface area contributed by atoms with Crippen LogP contribution in [0.2, 0.25) is 0 Å². The molecule has 3 unspecified atom stereocenters. The molecular formula is C14H21NOS. The smallest absolute Gasteiger partial charge is 0.0328 e. The second kappa shape index (κ2) is 5.78. The minimum atomic E-state index is -0.674. The van der Waals surface area contributed by atoms with Crippen molar-refractivity contribution < 1.29 is 4.21 Å². The van der Waals surface area contributed by atoms with Gasteiger partial charge in [-0.2, -0.15) is 0 Å². The lowest BCUT2D eigenvalue weighted by Gasteiger charge is -2.20. The molecule has 0 amide bonds. The van der Waals surface area contributed by atoms with Crippen LogP contribution in [-0.2, 0) is 17.2 Å². The molecule has 0 fully saturated rings. The van der Waals surface area contributed by atoms with Crippen LogP contribution >= 0.6 is 0 Å². The van der Waals surface area contributed by atoms with E-state index in [1.165, 1.54) is 24.0 Å². The zero-order valence-electron chi connectivity index (χ0n) is 10.6. The van der Waals surface area contributed by atoms with Crippen molar-refractivity contribution in [1.29, 1.82) is 0 Å². The van der Waals surface area contributed by atoms with Crippen molar-refractivity contribution in [3.63, 3.8) is 0 Å². The number of benzene rings is 1. The Hall–Kier alpha value is -0.670. The van der Waals surface area contributed by atoms with E-state index in [1.807, 2.05) is 0 Å². The summed E-state index contributed by atoms with van der Waals surface area (Å²) in [5.74, 6) is 0.794. The van der Waals surface area contributed by atoms with Gasteiger partial charge in [0, 0.05) is 34.9 Å². The molecule has 0 bridgehead atoms. The van der Waals surface area contributed by atoms with Gasteiger partial charge in [0.05, 0.1) is 0 Å². The van der Waals surface area contributed by atoms with Crippen LogP contribution in [0.1, 0.15) is 36.9 Å². The SMILES string of the molecule is CC(CCS(C)=O)NC1CCc2ccccc21. The lowest BCUT2D eigenvalue weighted by atomic mass is 10.1. The molecule has 2 nitrogen and oxygen atoms in total. The largest absolute Gasteiger partial charge is 0.307 e. The van der Waals surface area contributed by atoms with E-state index in [0.717, 1.165) is 12.2 Å². The third-order valence-corrected chi connectivity index (χ3v) is 4.27. The van der Waals surface area contributed by atoms with Gasteiger partial charge in [0.2, 0.25) is 0 Å². The predicted octanol–water partition coefficient (Wildman–Crippen LogP) is 2.42. The summed E-state index contributed by atoms with van der Waals surface area (Å²) in [6.07, 6.45) is 5.14. The second-order valence-corrected chi connectivity index (χ2v) is 6.48. The highest BCUT2D eigenvalue weighted by molar-refractivity contribution is 7.84. The van der Waals surface area contributed by atoms with Gasteiger partial charge in [-0.05, 0) is 37.3 Å². The van der Waals surface area contributed by atoms with Gasteiger partial charge in [-0.3, -0.25) is 4.21 Å². The van der Waals surface area contributed by atoms with Crippen LogP contribution in [0.15, 0.2) is 24.3 Å². The van der Waals surface area contributed by atoms with Crippen LogP contribution in [0, 0.1) is 0 Å². The highest BCUT2D eigenvalue weighted by Gasteiger charge is 2.22. The van der Waals surface area contributed by atoms with Gasteiger partial charge < -0.3 is 5.32 Å². The molecule has 3 heteroatoms. The minimum Gasteiger partial charge on any atom is -0.307 e. The van der Waals surface area contributed by atoms with Crippen molar-refractivity contribution in [2.75, 3.05) is 12.0 Å². The Morgan fingerprint density at radius 3 is 3.00 bits per heavy atom. The van der Waals surface area contributed by atoms with Crippen molar-refractivity contribution in [3.05, 3.63) is 35.4 Å². The van der Waals surface area contributed by atoms with Crippen molar-refractivity contribution in [2.24, 2.45) is 0 Å². The standard InChI is InChI=1S/C14H21NOS/c1-11(9-10-17(2)16)15-14-8-7-12-5-3-4-6-13(12)14/h3-6,11,14-15H,7-10H2,1-2H3. The summed E-state index contributed by atoms with van der Waals surface area (Å²) in [6, 6.07) is 9.62. The lowest BCUT2D eigenvalue weighted by molar-refractivity contribution is 0.446. The van der Waals surface area contributed by atoms with Gasteiger partial charge in [-0.25, -0.2) is 0 Å². The molecule has 1 aliphatic rings. The average molecular weight is 251 g/mol. The van der Waals surface area contributed by atoms with Gasteiger partial charge in [0.25, 0.3) is 0 Å². The highest BCUT2D eigenvalue weighted by Crippen LogP contribution is 2.31. The number of rotatable bonds is 5. The van der Waals surface area contributed by atoms with E-state index < -0.39 is 10.8 Å². The van der Waals surface area contributed by atoms with Crippen LogP contribution < -0.4 is 5.32 Å². The zero-order valence-corrected chi connectivity index (χ0v) is 11.4. The van der Waals surface area contributed by atoms with Gasteiger partial charge in [0.15, 0.2) is 0 Å². The van der Waals surface area contributed by atoms with E-state index in [-0.39, 0.29) is 0 Å². The van der Waals surface area contributed by atoms with Crippen molar-refractivity contribution in [3.8, 4) is 0 Å². The molecule has 0 heterocycles. The molecule has 1 aromatic rings. The third kappa shape index (κ3) is 3.39. The van der Waals surface area contributed by atoms with Gasteiger partial charge in [0.1, 0.15) is 0 Å². The number of hydrogen-bond donors (Lipinski definition) is 1. The van der Waals surface area contributed by atoms with E-state index in [0.29, 0.717) is 12.1 Å². The quantitative estimate of drug-likeness (QED) is 0.871. The molecule has 0 saturated heterocycles. The van der Waals surface area contributed by atoms with Crippen molar-refractivity contribution in [1.82, 2.24) is 5.32 Å². The van der Waals surface area contributed by atoms with Crippen LogP contribution in [0.5, 0.6) is 0 Å². The molecule has 1 aromatic carbocycles. The third-order valence-electron chi connectivity index (χ3n) is 3.46. The molecule has 17 heavy (non-hydrogen) atoms. The molecule has 0 aliphatic heterocycles. The predicted molar refractivity (Wildman–Crippen MR) is 73.7 cm³/mol.